The van der Waals surface area contributed by atoms with Crippen LogP contribution in [0.1, 0.15) is 86.7 Å². The number of hydrogen-bond donors (Lipinski definition) is 4. The van der Waals surface area contributed by atoms with Gasteiger partial charge in [0.15, 0.2) is 23.6 Å². The van der Waals surface area contributed by atoms with Crippen LogP contribution in [0.25, 0.3) is 0 Å². The zero-order valence-electron chi connectivity index (χ0n) is 35.2. The molecule has 1 aliphatic heterocycles. The van der Waals surface area contributed by atoms with Crippen LogP contribution >= 0.6 is 0 Å². The number of carbonyl (C=O) groups excluding carboxylic acids is 6. The highest BCUT2D eigenvalue weighted by Crippen LogP contribution is 2.64. The maximum absolute atomic E-state index is 15.5. The van der Waals surface area contributed by atoms with Crippen molar-refractivity contribution in [1.82, 2.24) is 5.32 Å². The number of aliphatic hydroxyl groups excluding tert-OH is 2. The Bertz CT molecular complexity index is 2280. The lowest BCUT2D eigenvalue weighted by molar-refractivity contribution is -0.346. The number of benzene rings is 3. The van der Waals surface area contributed by atoms with Crippen LogP contribution in [0.15, 0.2) is 102 Å². The Labute approximate surface area is 358 Å². The van der Waals surface area contributed by atoms with Crippen LogP contribution < -0.4 is 5.32 Å². The van der Waals surface area contributed by atoms with Gasteiger partial charge in [-0.1, -0.05) is 80.6 Å². The minimum absolute atomic E-state index is 0.00289. The predicted molar refractivity (Wildman–Crippen MR) is 218 cm³/mol. The molecular weight excluding hydrogens is 803 g/mol. The second-order valence-electron chi connectivity index (χ2n) is 17.4. The number of amides is 1. The first-order valence-corrected chi connectivity index (χ1v) is 20.5. The van der Waals surface area contributed by atoms with Gasteiger partial charge in [-0.25, -0.2) is 9.59 Å². The second-order valence-corrected chi connectivity index (χ2v) is 17.4. The molecule has 7 rings (SSSR count). The molecule has 15 heteroatoms. The van der Waals surface area contributed by atoms with E-state index >= 15 is 4.79 Å². The van der Waals surface area contributed by atoms with E-state index in [1.165, 1.54) is 26.0 Å². The monoisotopic (exact) mass is 853 g/mol. The molecule has 0 aromatic heterocycles. The highest BCUT2D eigenvalue weighted by Gasteiger charge is 2.78. The van der Waals surface area contributed by atoms with Crippen molar-refractivity contribution in [3.05, 3.63) is 119 Å². The standard InChI is InChI=1S/C47H51NO14/c1-25-31(60-43(56)36(52)35(28-16-10-7-11-17-28)48-41(54)29-18-12-8-13-19-29)23-47(57)40(61-42(55)30-20-14-9-15-21-30)38-45(6,32(51)22-33-46(38,24-58-33)62-27(3)50)39(53)37(59-26(2)49)34(25)44(47,4)5/h7-21,31-33,35-38,40,51-52,57H,22-24H2,1-6H3,(H,48,54)/t31-,32-,33+,35-,36-,37+,38?,40?,45+,46-,47+/m0/s1. The van der Waals surface area contributed by atoms with E-state index in [2.05, 4.69) is 5.32 Å². The molecule has 15 nitrogen and oxygen atoms in total. The number of fused-ring (bicyclic) bond motifs is 5. The van der Waals surface area contributed by atoms with Crippen molar-refractivity contribution < 1.29 is 67.8 Å². The number of nitrogens with one attached hydrogen (secondary N) is 1. The average molecular weight is 854 g/mol. The number of ketones is 1. The lowest BCUT2D eigenvalue weighted by atomic mass is 9.44. The number of carbonyl (C=O) groups is 6. The third-order valence-corrected chi connectivity index (χ3v) is 13.5. The van der Waals surface area contributed by atoms with Crippen molar-refractivity contribution in [2.75, 3.05) is 6.61 Å². The van der Waals surface area contributed by atoms with Crippen LogP contribution in [0.2, 0.25) is 0 Å². The summed E-state index contributed by atoms with van der Waals surface area (Å²) in [5.41, 5.74) is -7.02. The summed E-state index contributed by atoms with van der Waals surface area (Å²) in [5.74, 6) is -6.84. The molecule has 11 atom stereocenters. The Kier molecular flexibility index (Phi) is 11.8. The largest absolute Gasteiger partial charge is 0.456 e. The molecule has 3 aromatic rings. The lowest BCUT2D eigenvalue weighted by Crippen LogP contribution is -2.82. The molecule has 4 N–H and O–H groups in total. The summed E-state index contributed by atoms with van der Waals surface area (Å²) in [4.78, 5) is 83.5. The van der Waals surface area contributed by atoms with Crippen LogP contribution in [0.5, 0.6) is 0 Å². The average Bonchev–Trinajstić information content (AvgIpc) is 3.24. The van der Waals surface area contributed by atoms with E-state index in [1.54, 1.807) is 92.7 Å². The van der Waals surface area contributed by atoms with Gasteiger partial charge < -0.3 is 44.3 Å². The Morgan fingerprint density at radius 3 is 1.95 bits per heavy atom. The Balaban J connectivity index is 1.39. The van der Waals surface area contributed by atoms with E-state index in [0.29, 0.717) is 5.56 Å². The minimum Gasteiger partial charge on any atom is -0.456 e. The molecule has 3 aromatic carbocycles. The number of ether oxygens (including phenoxy) is 5. The van der Waals surface area contributed by atoms with Gasteiger partial charge in [-0.2, -0.15) is 0 Å². The first kappa shape index (κ1) is 44.3. The van der Waals surface area contributed by atoms with E-state index in [9.17, 15) is 39.3 Å². The van der Waals surface area contributed by atoms with Crippen LogP contribution in [-0.2, 0) is 42.9 Å². The van der Waals surface area contributed by atoms with Gasteiger partial charge in [0.25, 0.3) is 5.91 Å². The zero-order valence-corrected chi connectivity index (χ0v) is 35.2. The Morgan fingerprint density at radius 2 is 1.40 bits per heavy atom. The summed E-state index contributed by atoms with van der Waals surface area (Å²) < 4.78 is 30.3. The van der Waals surface area contributed by atoms with Gasteiger partial charge in [0.2, 0.25) is 0 Å². The fourth-order valence-corrected chi connectivity index (χ4v) is 10.2. The smallest absolute Gasteiger partial charge is 0.338 e. The van der Waals surface area contributed by atoms with Gasteiger partial charge in [-0.05, 0) is 54.8 Å². The van der Waals surface area contributed by atoms with Crippen molar-refractivity contribution in [2.24, 2.45) is 16.7 Å². The fraction of sp³-hybridized carbons (Fsp3) is 0.447. The molecule has 328 valence electrons. The summed E-state index contributed by atoms with van der Waals surface area (Å²) in [6.07, 6.45) is -10.5. The second kappa shape index (κ2) is 16.5. The number of aliphatic hydroxyl groups is 3. The van der Waals surface area contributed by atoms with Gasteiger partial charge in [0, 0.05) is 37.7 Å². The maximum atomic E-state index is 15.5. The summed E-state index contributed by atoms with van der Waals surface area (Å²) >= 11 is 0. The van der Waals surface area contributed by atoms with Crippen LogP contribution in [-0.4, -0.2) is 105 Å². The van der Waals surface area contributed by atoms with Crippen molar-refractivity contribution >= 4 is 35.6 Å². The third-order valence-electron chi connectivity index (χ3n) is 13.5. The molecular formula is C47H51NO14. The quantitative estimate of drug-likeness (QED) is 0.130. The third kappa shape index (κ3) is 7.29. The Hall–Kier alpha value is -5.74. The molecule has 2 saturated carbocycles. The molecule has 2 unspecified atom stereocenters. The van der Waals surface area contributed by atoms with E-state index < -0.39 is 113 Å². The van der Waals surface area contributed by atoms with E-state index in [1.807, 2.05) is 0 Å². The molecule has 1 saturated heterocycles. The molecule has 4 aliphatic rings. The Morgan fingerprint density at radius 1 is 0.823 bits per heavy atom. The number of hydrogen-bond acceptors (Lipinski definition) is 14. The summed E-state index contributed by atoms with van der Waals surface area (Å²) in [5, 5.41) is 40.2. The first-order chi connectivity index (χ1) is 29.3. The van der Waals surface area contributed by atoms with E-state index in [4.69, 9.17) is 23.7 Å². The molecule has 0 radical (unpaired) electrons. The molecule has 62 heavy (non-hydrogen) atoms. The zero-order chi connectivity index (χ0) is 44.9. The SMILES string of the molecule is CC(=O)O[C@H]1C(=O)[C@@]2(C)C(C(OC(=O)c3ccccc3)[C@]3(O)C[C@H](OC(=O)[C@@H](O)[C@@H](NC(=O)c4ccccc4)c4ccccc4)C(C)=C1C3(C)C)[C@]1(OC(C)=O)CO[C@@H]1C[C@@H]2O. The normalized spacial score (nSPS) is 31.9. The predicted octanol–water partition coefficient (Wildman–Crippen LogP) is 3.74. The molecule has 3 fully saturated rings. The minimum atomic E-state index is -2.39. The van der Waals surface area contributed by atoms with Crippen LogP contribution in [0, 0.1) is 16.7 Å². The lowest BCUT2D eigenvalue weighted by Gasteiger charge is -2.67. The topological polar surface area (TPSA) is 221 Å². The number of rotatable bonds is 10. The number of esters is 4. The van der Waals surface area contributed by atoms with Crippen molar-refractivity contribution in [2.45, 2.75) is 108 Å². The van der Waals surface area contributed by atoms with Gasteiger partial charge >= 0.3 is 23.9 Å². The fourth-order valence-electron chi connectivity index (χ4n) is 10.2. The highest BCUT2D eigenvalue weighted by molar-refractivity contribution is 5.96. The van der Waals surface area contributed by atoms with Gasteiger partial charge in [-0.15, -0.1) is 0 Å². The van der Waals surface area contributed by atoms with Crippen molar-refractivity contribution in [1.29, 1.82) is 0 Å². The summed E-state index contributed by atoms with van der Waals surface area (Å²) in [6, 6.07) is 22.9. The summed E-state index contributed by atoms with van der Waals surface area (Å²) in [7, 11) is 0. The molecule has 3 aliphatic carbocycles. The van der Waals surface area contributed by atoms with Crippen molar-refractivity contribution in [3.8, 4) is 0 Å². The van der Waals surface area contributed by atoms with Crippen molar-refractivity contribution in [3.63, 3.8) is 0 Å². The van der Waals surface area contributed by atoms with E-state index in [-0.39, 0.29) is 35.3 Å². The molecule has 0 spiro atoms. The first-order valence-electron chi connectivity index (χ1n) is 20.5. The molecule has 1 amide bonds. The highest BCUT2D eigenvalue weighted by atomic mass is 16.6. The van der Waals surface area contributed by atoms with Crippen LogP contribution in [0.4, 0.5) is 0 Å². The number of Topliss-reactive ketones (excluding diaryl/α,β-unsaturated/α-hetero) is 1. The van der Waals surface area contributed by atoms with Crippen LogP contribution in [0.3, 0.4) is 0 Å². The summed E-state index contributed by atoms with van der Waals surface area (Å²) in [6.45, 7) is 7.97. The van der Waals surface area contributed by atoms with Gasteiger partial charge in [-0.3, -0.25) is 19.2 Å². The molecule has 1 heterocycles. The van der Waals surface area contributed by atoms with E-state index in [0.717, 1.165) is 13.8 Å². The maximum Gasteiger partial charge on any atom is 0.338 e. The van der Waals surface area contributed by atoms with Gasteiger partial charge in [0.1, 0.15) is 23.9 Å². The molecule has 2 bridgehead atoms. The van der Waals surface area contributed by atoms with Gasteiger partial charge in [0.05, 0.1) is 35.6 Å².